The van der Waals surface area contributed by atoms with Crippen LogP contribution < -0.4 is 5.32 Å². The van der Waals surface area contributed by atoms with E-state index in [4.69, 9.17) is 0 Å². The third kappa shape index (κ3) is 4.87. The van der Waals surface area contributed by atoms with Crippen molar-refractivity contribution in [2.45, 2.75) is 32.2 Å². The van der Waals surface area contributed by atoms with Gasteiger partial charge < -0.3 is 15.1 Å². The molecule has 0 aromatic heterocycles. The molecule has 7 nitrogen and oxygen atoms in total. The number of piperidine rings is 1. The van der Waals surface area contributed by atoms with E-state index >= 15 is 0 Å². The number of likely N-dealkylation sites (tertiary alicyclic amines) is 1. The molecule has 18 heavy (non-hydrogen) atoms. The highest BCUT2D eigenvalue weighted by molar-refractivity contribution is 5.79. The van der Waals surface area contributed by atoms with E-state index in [1.807, 2.05) is 7.05 Å². The number of carbonyl (C=O) groups excluding carboxylic acids is 1. The van der Waals surface area contributed by atoms with Crippen molar-refractivity contribution in [2.75, 3.05) is 26.7 Å². The summed E-state index contributed by atoms with van der Waals surface area (Å²) in [5.74, 6) is -0.0453. The molecule has 0 aromatic rings. The molecule has 0 radical (unpaired) electrons. The van der Waals surface area contributed by atoms with E-state index in [0.717, 1.165) is 25.9 Å². The van der Waals surface area contributed by atoms with Crippen LogP contribution in [-0.2, 0) is 9.63 Å². The van der Waals surface area contributed by atoms with Gasteiger partial charge in [-0.25, -0.2) is 0 Å². The second-order valence-electron chi connectivity index (χ2n) is 5.45. The molecule has 1 rings (SSSR count). The lowest BCUT2D eigenvalue weighted by Gasteiger charge is -2.31. The lowest BCUT2D eigenvalue weighted by Crippen LogP contribution is -2.51. The Kier molecular flexibility index (Phi) is 4.89. The highest BCUT2D eigenvalue weighted by Gasteiger charge is 2.28. The molecule has 1 saturated heterocycles. The lowest BCUT2D eigenvalue weighted by molar-refractivity contribution is -0.759. The van der Waals surface area contributed by atoms with Gasteiger partial charge >= 0.3 is 0 Å². The van der Waals surface area contributed by atoms with Gasteiger partial charge in [0.05, 0.1) is 5.54 Å². The fraction of sp³-hybridized carbons (Fsp3) is 0.909. The fourth-order valence-corrected chi connectivity index (χ4v) is 1.96. The van der Waals surface area contributed by atoms with Crippen LogP contribution in [0.4, 0.5) is 0 Å². The number of nitrogens with one attached hydrogen (secondary N) is 1. The first-order valence-electron chi connectivity index (χ1n) is 6.08. The average molecular weight is 259 g/mol. The van der Waals surface area contributed by atoms with E-state index in [1.165, 1.54) is 0 Å². The van der Waals surface area contributed by atoms with Gasteiger partial charge in [0.15, 0.2) is 0 Å². The first-order valence-corrected chi connectivity index (χ1v) is 6.08. The van der Waals surface area contributed by atoms with Gasteiger partial charge in [-0.15, -0.1) is 10.1 Å². The minimum atomic E-state index is -0.844. The van der Waals surface area contributed by atoms with Gasteiger partial charge in [-0.1, -0.05) is 0 Å². The van der Waals surface area contributed by atoms with Crippen LogP contribution in [0, 0.1) is 16.0 Å². The predicted octanol–water partition coefficient (Wildman–Crippen LogP) is 0.431. The normalized spacial score (nSPS) is 18.4. The van der Waals surface area contributed by atoms with Crippen molar-refractivity contribution in [3.05, 3.63) is 10.1 Å². The van der Waals surface area contributed by atoms with Crippen molar-refractivity contribution >= 4 is 5.91 Å². The molecule has 0 aromatic carbocycles. The number of carbonyl (C=O) groups is 1. The predicted molar refractivity (Wildman–Crippen MR) is 65.4 cm³/mol. The van der Waals surface area contributed by atoms with E-state index in [2.05, 4.69) is 15.1 Å². The van der Waals surface area contributed by atoms with Crippen LogP contribution in [0.15, 0.2) is 0 Å². The lowest BCUT2D eigenvalue weighted by atomic mass is 9.94. The van der Waals surface area contributed by atoms with E-state index in [0.29, 0.717) is 0 Å². The Morgan fingerprint density at radius 1 is 1.50 bits per heavy atom. The number of hydrogen-bond acceptors (Lipinski definition) is 5. The molecule has 0 spiro atoms. The van der Waals surface area contributed by atoms with Gasteiger partial charge in [0.1, 0.15) is 6.61 Å². The fourth-order valence-electron chi connectivity index (χ4n) is 1.96. The SMILES string of the molecule is CN1CCC(C(=O)NC(C)(C)CO[N+](=O)[O-])CC1. The van der Waals surface area contributed by atoms with E-state index in [1.54, 1.807) is 13.8 Å². The van der Waals surface area contributed by atoms with E-state index in [9.17, 15) is 14.9 Å². The van der Waals surface area contributed by atoms with E-state index < -0.39 is 10.6 Å². The zero-order valence-electron chi connectivity index (χ0n) is 11.1. The first-order chi connectivity index (χ1) is 8.30. The summed E-state index contributed by atoms with van der Waals surface area (Å²) in [4.78, 5) is 28.6. The van der Waals surface area contributed by atoms with E-state index in [-0.39, 0.29) is 18.4 Å². The molecular formula is C11H21N3O4. The Labute approximate surface area is 107 Å². The first kappa shape index (κ1) is 14.7. The number of nitrogens with zero attached hydrogens (tertiary/aromatic N) is 2. The Bertz CT molecular complexity index is 311. The Morgan fingerprint density at radius 2 is 2.06 bits per heavy atom. The minimum absolute atomic E-state index is 0.00363. The molecule has 7 heteroatoms. The summed E-state index contributed by atoms with van der Waals surface area (Å²) in [6, 6.07) is 0. The third-order valence-electron chi connectivity index (χ3n) is 3.08. The molecule has 1 heterocycles. The molecule has 0 aliphatic carbocycles. The third-order valence-corrected chi connectivity index (χ3v) is 3.08. The second-order valence-corrected chi connectivity index (χ2v) is 5.45. The van der Waals surface area contributed by atoms with Crippen LogP contribution in [-0.4, -0.2) is 48.2 Å². The summed E-state index contributed by atoms with van der Waals surface area (Å²) in [6.45, 7) is 5.10. The summed E-state index contributed by atoms with van der Waals surface area (Å²) >= 11 is 0. The summed E-state index contributed by atoms with van der Waals surface area (Å²) in [5.41, 5.74) is -0.729. The zero-order valence-corrected chi connectivity index (χ0v) is 11.1. The standard InChI is InChI=1S/C11H21N3O4/c1-11(2,8-18-14(16)17)12-10(15)9-4-6-13(3)7-5-9/h9H,4-8H2,1-3H3,(H,12,15). The number of hydrogen-bond donors (Lipinski definition) is 1. The van der Waals surface area contributed by atoms with Crippen LogP contribution in [0.2, 0.25) is 0 Å². The maximum absolute atomic E-state index is 12.0. The second kappa shape index (κ2) is 5.99. The molecule has 0 unspecified atom stereocenters. The van der Waals surface area contributed by atoms with Crippen LogP contribution >= 0.6 is 0 Å². The van der Waals surface area contributed by atoms with Gasteiger partial charge in [-0.05, 0) is 46.8 Å². The molecule has 1 N–H and O–H groups in total. The van der Waals surface area contributed by atoms with Crippen molar-refractivity contribution in [3.63, 3.8) is 0 Å². The van der Waals surface area contributed by atoms with Crippen molar-refractivity contribution in [2.24, 2.45) is 5.92 Å². The smallest absolute Gasteiger partial charge is 0.294 e. The molecule has 1 fully saturated rings. The molecule has 104 valence electrons. The molecule has 1 aliphatic rings. The highest BCUT2D eigenvalue weighted by Crippen LogP contribution is 2.17. The van der Waals surface area contributed by atoms with Crippen LogP contribution in [0.5, 0.6) is 0 Å². The van der Waals surface area contributed by atoms with Gasteiger partial charge in [-0.2, -0.15) is 0 Å². The van der Waals surface area contributed by atoms with Crippen LogP contribution in [0.25, 0.3) is 0 Å². The molecule has 0 bridgehead atoms. The monoisotopic (exact) mass is 259 g/mol. The molecule has 0 saturated carbocycles. The quantitative estimate of drug-likeness (QED) is 0.571. The maximum Gasteiger partial charge on any atom is 0.294 e. The summed E-state index contributed by atoms with van der Waals surface area (Å²) in [5, 5.41) is 12.1. The minimum Gasteiger partial charge on any atom is -0.349 e. The molecule has 1 amide bonds. The Hall–Kier alpha value is -1.37. The van der Waals surface area contributed by atoms with Crippen LogP contribution in [0.3, 0.4) is 0 Å². The Balaban J connectivity index is 2.40. The summed E-state index contributed by atoms with van der Waals surface area (Å²) in [7, 11) is 2.03. The molecular weight excluding hydrogens is 238 g/mol. The maximum atomic E-state index is 12.0. The van der Waals surface area contributed by atoms with Gasteiger partial charge in [0.25, 0.3) is 5.09 Å². The van der Waals surface area contributed by atoms with Crippen molar-refractivity contribution in [3.8, 4) is 0 Å². The van der Waals surface area contributed by atoms with Crippen molar-refractivity contribution in [1.82, 2.24) is 10.2 Å². The van der Waals surface area contributed by atoms with Gasteiger partial charge in [0, 0.05) is 5.92 Å². The summed E-state index contributed by atoms with van der Waals surface area (Å²) < 4.78 is 0. The number of rotatable bonds is 5. The number of amides is 1. The summed E-state index contributed by atoms with van der Waals surface area (Å²) in [6.07, 6.45) is 1.66. The zero-order chi connectivity index (χ0) is 13.8. The highest BCUT2D eigenvalue weighted by atomic mass is 16.9. The molecule has 1 aliphatic heterocycles. The van der Waals surface area contributed by atoms with Crippen molar-refractivity contribution in [1.29, 1.82) is 0 Å². The van der Waals surface area contributed by atoms with Crippen LogP contribution in [0.1, 0.15) is 26.7 Å². The average Bonchev–Trinajstić information content (AvgIpc) is 2.27. The largest absolute Gasteiger partial charge is 0.349 e. The van der Waals surface area contributed by atoms with Gasteiger partial charge in [0.2, 0.25) is 5.91 Å². The Morgan fingerprint density at radius 3 is 2.56 bits per heavy atom. The topological polar surface area (TPSA) is 84.7 Å². The molecule has 0 atom stereocenters. The van der Waals surface area contributed by atoms with Gasteiger partial charge in [-0.3, -0.25) is 4.79 Å². The van der Waals surface area contributed by atoms with Crippen molar-refractivity contribution < 1.29 is 14.7 Å².